The van der Waals surface area contributed by atoms with Crippen LogP contribution in [0.25, 0.3) is 0 Å². The zero-order valence-electron chi connectivity index (χ0n) is 11.0. The molecule has 1 N–H and O–H groups in total. The van der Waals surface area contributed by atoms with E-state index in [4.69, 9.17) is 0 Å². The van der Waals surface area contributed by atoms with E-state index < -0.39 is 17.6 Å². The number of halogens is 4. The monoisotopic (exact) mass is 307 g/mol. The van der Waals surface area contributed by atoms with Gasteiger partial charge >= 0.3 is 6.18 Å². The van der Waals surface area contributed by atoms with E-state index in [1.807, 2.05) is 11.8 Å². The SMILES string of the molecule is Fc1cc(CNCC2CCSCC2)cc(C(F)(F)F)c1. The molecular weight excluding hydrogens is 290 g/mol. The van der Waals surface area contributed by atoms with Crippen molar-refractivity contribution in [3.8, 4) is 0 Å². The summed E-state index contributed by atoms with van der Waals surface area (Å²) < 4.78 is 50.9. The Kier molecular flexibility index (Phi) is 5.32. The highest BCUT2D eigenvalue weighted by Gasteiger charge is 2.31. The van der Waals surface area contributed by atoms with Gasteiger partial charge in [-0.25, -0.2) is 4.39 Å². The summed E-state index contributed by atoms with van der Waals surface area (Å²) in [7, 11) is 0. The van der Waals surface area contributed by atoms with Crippen molar-refractivity contribution in [2.45, 2.75) is 25.6 Å². The lowest BCUT2D eigenvalue weighted by atomic mass is 10.0. The highest BCUT2D eigenvalue weighted by molar-refractivity contribution is 7.99. The second-order valence-electron chi connectivity index (χ2n) is 5.03. The molecule has 0 bridgehead atoms. The molecule has 1 aliphatic heterocycles. The van der Waals surface area contributed by atoms with Crippen LogP contribution in [-0.4, -0.2) is 18.1 Å². The molecule has 1 aliphatic rings. The molecule has 1 aromatic rings. The van der Waals surface area contributed by atoms with Gasteiger partial charge < -0.3 is 5.32 Å². The van der Waals surface area contributed by atoms with Crippen molar-refractivity contribution in [1.29, 1.82) is 0 Å². The van der Waals surface area contributed by atoms with Gasteiger partial charge in [0.15, 0.2) is 0 Å². The van der Waals surface area contributed by atoms with Crippen LogP contribution < -0.4 is 5.32 Å². The molecule has 0 saturated carbocycles. The number of nitrogens with one attached hydrogen (secondary N) is 1. The summed E-state index contributed by atoms with van der Waals surface area (Å²) in [5, 5.41) is 3.13. The molecule has 112 valence electrons. The van der Waals surface area contributed by atoms with Gasteiger partial charge in [-0.1, -0.05) is 0 Å². The van der Waals surface area contributed by atoms with Crippen molar-refractivity contribution >= 4 is 11.8 Å². The minimum Gasteiger partial charge on any atom is -0.312 e. The van der Waals surface area contributed by atoms with E-state index in [-0.39, 0.29) is 6.54 Å². The smallest absolute Gasteiger partial charge is 0.312 e. The van der Waals surface area contributed by atoms with E-state index in [9.17, 15) is 17.6 Å². The third kappa shape index (κ3) is 4.66. The Bertz CT molecular complexity index is 441. The van der Waals surface area contributed by atoms with Crippen molar-refractivity contribution < 1.29 is 17.6 Å². The fourth-order valence-electron chi connectivity index (χ4n) is 2.29. The summed E-state index contributed by atoms with van der Waals surface area (Å²) in [5.74, 6) is 2.02. The van der Waals surface area contributed by atoms with Gasteiger partial charge in [0.1, 0.15) is 5.82 Å². The average molecular weight is 307 g/mol. The maximum absolute atomic E-state index is 13.2. The van der Waals surface area contributed by atoms with Crippen LogP contribution >= 0.6 is 11.8 Å². The molecule has 1 aromatic carbocycles. The third-order valence-corrected chi connectivity index (χ3v) is 4.44. The van der Waals surface area contributed by atoms with Crippen LogP contribution in [-0.2, 0) is 12.7 Å². The number of alkyl halides is 3. The largest absolute Gasteiger partial charge is 0.416 e. The lowest BCUT2D eigenvalue weighted by molar-refractivity contribution is -0.137. The van der Waals surface area contributed by atoms with Crippen LogP contribution in [0.15, 0.2) is 18.2 Å². The maximum atomic E-state index is 13.2. The molecule has 0 radical (unpaired) electrons. The van der Waals surface area contributed by atoms with E-state index in [2.05, 4.69) is 5.32 Å². The Morgan fingerprint density at radius 3 is 2.50 bits per heavy atom. The molecule has 0 aliphatic carbocycles. The predicted molar refractivity (Wildman–Crippen MR) is 73.2 cm³/mol. The highest BCUT2D eigenvalue weighted by atomic mass is 32.2. The number of rotatable bonds is 4. The van der Waals surface area contributed by atoms with E-state index in [0.717, 1.165) is 43.0 Å². The van der Waals surface area contributed by atoms with Gasteiger partial charge in [0.05, 0.1) is 5.56 Å². The van der Waals surface area contributed by atoms with Crippen LogP contribution in [0.1, 0.15) is 24.0 Å². The van der Waals surface area contributed by atoms with Gasteiger partial charge in [-0.2, -0.15) is 24.9 Å². The van der Waals surface area contributed by atoms with Gasteiger partial charge in [0.25, 0.3) is 0 Å². The Hall–Kier alpha value is -0.750. The topological polar surface area (TPSA) is 12.0 Å². The van der Waals surface area contributed by atoms with Crippen LogP contribution in [0.2, 0.25) is 0 Å². The first-order valence-electron chi connectivity index (χ1n) is 6.60. The molecule has 0 spiro atoms. The molecule has 1 heterocycles. The summed E-state index contributed by atoms with van der Waals surface area (Å²) in [4.78, 5) is 0. The molecule has 1 fully saturated rings. The third-order valence-electron chi connectivity index (χ3n) is 3.39. The van der Waals surface area contributed by atoms with Gasteiger partial charge in [0, 0.05) is 6.54 Å². The molecule has 2 rings (SSSR count). The summed E-state index contributed by atoms with van der Waals surface area (Å²) >= 11 is 1.93. The molecule has 1 nitrogen and oxygen atoms in total. The van der Waals surface area contributed by atoms with Crippen molar-refractivity contribution in [2.75, 3.05) is 18.1 Å². The normalized spacial score (nSPS) is 17.4. The molecule has 0 amide bonds. The van der Waals surface area contributed by atoms with Crippen LogP contribution in [0.3, 0.4) is 0 Å². The summed E-state index contributed by atoms with van der Waals surface area (Å²) in [6.45, 7) is 1.04. The molecular formula is C14H17F4NS. The molecule has 0 atom stereocenters. The number of benzene rings is 1. The average Bonchev–Trinajstić information content (AvgIpc) is 2.38. The number of hydrogen-bond acceptors (Lipinski definition) is 2. The van der Waals surface area contributed by atoms with Gasteiger partial charge in [-0.15, -0.1) is 0 Å². The quantitative estimate of drug-likeness (QED) is 0.841. The Balaban J connectivity index is 1.90. The fraction of sp³-hybridized carbons (Fsp3) is 0.571. The molecule has 0 unspecified atom stereocenters. The van der Waals surface area contributed by atoms with E-state index in [1.54, 1.807) is 0 Å². The van der Waals surface area contributed by atoms with E-state index in [1.165, 1.54) is 0 Å². The van der Waals surface area contributed by atoms with Crippen LogP contribution in [0.4, 0.5) is 17.6 Å². The highest BCUT2D eigenvalue weighted by Crippen LogP contribution is 2.30. The van der Waals surface area contributed by atoms with Gasteiger partial charge in [-0.3, -0.25) is 0 Å². The van der Waals surface area contributed by atoms with Crippen LogP contribution in [0.5, 0.6) is 0 Å². The summed E-state index contributed by atoms with van der Waals surface area (Å²) in [6, 6.07) is 2.69. The Morgan fingerprint density at radius 1 is 1.15 bits per heavy atom. The first-order valence-corrected chi connectivity index (χ1v) is 7.76. The second kappa shape index (κ2) is 6.80. The van der Waals surface area contributed by atoms with Crippen molar-refractivity contribution in [1.82, 2.24) is 5.32 Å². The summed E-state index contributed by atoms with van der Waals surface area (Å²) in [6.07, 6.45) is -2.24. The first-order chi connectivity index (χ1) is 9.45. The predicted octanol–water partition coefficient (Wildman–Crippen LogP) is 4.08. The zero-order chi connectivity index (χ0) is 14.6. The summed E-state index contributed by atoms with van der Waals surface area (Å²) in [5.41, 5.74) is -0.592. The lowest BCUT2D eigenvalue weighted by Gasteiger charge is -2.21. The number of hydrogen-bond donors (Lipinski definition) is 1. The lowest BCUT2D eigenvalue weighted by Crippen LogP contribution is -2.25. The standard InChI is InChI=1S/C14H17F4NS/c15-13-6-11(5-12(7-13)14(16,17)18)9-19-8-10-1-3-20-4-2-10/h5-7,10,19H,1-4,8-9H2. The van der Waals surface area contributed by atoms with Gasteiger partial charge in [0.2, 0.25) is 0 Å². The van der Waals surface area contributed by atoms with Crippen molar-refractivity contribution in [3.05, 3.63) is 35.1 Å². The zero-order valence-corrected chi connectivity index (χ0v) is 11.8. The van der Waals surface area contributed by atoms with Gasteiger partial charge in [-0.05, 0) is 60.6 Å². The van der Waals surface area contributed by atoms with E-state index in [0.29, 0.717) is 17.5 Å². The maximum Gasteiger partial charge on any atom is 0.416 e. The van der Waals surface area contributed by atoms with E-state index >= 15 is 0 Å². The number of thioether (sulfide) groups is 1. The minimum atomic E-state index is -4.50. The van der Waals surface area contributed by atoms with Crippen molar-refractivity contribution in [3.63, 3.8) is 0 Å². The fourth-order valence-corrected chi connectivity index (χ4v) is 3.49. The Morgan fingerprint density at radius 2 is 1.85 bits per heavy atom. The van der Waals surface area contributed by atoms with Crippen molar-refractivity contribution in [2.24, 2.45) is 5.92 Å². The molecule has 1 saturated heterocycles. The second-order valence-corrected chi connectivity index (χ2v) is 6.26. The van der Waals surface area contributed by atoms with Crippen LogP contribution in [0, 0.1) is 11.7 Å². The molecule has 6 heteroatoms. The Labute approximate surface area is 120 Å². The first kappa shape index (κ1) is 15.6. The minimum absolute atomic E-state index is 0.268. The molecule has 20 heavy (non-hydrogen) atoms. The molecule has 0 aromatic heterocycles.